The Balaban J connectivity index is 1.56. The molecule has 0 spiro atoms. The van der Waals surface area contributed by atoms with E-state index >= 15 is 0 Å². The first kappa shape index (κ1) is 50.5. The number of hydrogen-bond acceptors (Lipinski definition) is 13. The monoisotopic (exact) mass is 950 g/mol. The van der Waals surface area contributed by atoms with Gasteiger partial charge in [-0.15, -0.1) is 0 Å². The summed E-state index contributed by atoms with van der Waals surface area (Å²) in [6.45, 7) is 10.2. The molecule has 5 atom stereocenters. The van der Waals surface area contributed by atoms with Gasteiger partial charge in [0.25, 0.3) is 14.1 Å². The highest BCUT2D eigenvalue weighted by atomic mass is 31.2. The summed E-state index contributed by atoms with van der Waals surface area (Å²) in [4.78, 5) is 50.7. The van der Waals surface area contributed by atoms with Gasteiger partial charge in [0.05, 0.1) is 52.3 Å². The smallest absolute Gasteiger partial charge is 0.471 e. The molecule has 0 saturated carbocycles. The van der Waals surface area contributed by atoms with Crippen LogP contribution in [0, 0.1) is 17.2 Å². The van der Waals surface area contributed by atoms with Gasteiger partial charge in [-0.2, -0.15) is 23.4 Å². The number of ether oxygens (including phenoxy) is 4. The molecule has 1 fully saturated rings. The fourth-order valence-electron chi connectivity index (χ4n) is 7.74. The molecule has 0 aliphatic carbocycles. The molecule has 1 aliphatic heterocycles. The third kappa shape index (κ3) is 11.3. The molecule has 17 nitrogen and oxygen atoms in total. The summed E-state index contributed by atoms with van der Waals surface area (Å²) < 4.78 is 84.4. The molecular formula is C46H54F3N8O9P. The Morgan fingerprint density at radius 2 is 1.51 bits per heavy atom. The predicted octanol–water partition coefficient (Wildman–Crippen LogP) is 7.35. The van der Waals surface area contributed by atoms with Gasteiger partial charge < -0.3 is 33.3 Å². The normalized spacial score (nSPS) is 18.1. The molecule has 2 aromatic heterocycles. The van der Waals surface area contributed by atoms with Crippen LogP contribution in [0.5, 0.6) is 11.5 Å². The van der Waals surface area contributed by atoms with Crippen LogP contribution in [0.4, 0.5) is 19.1 Å². The van der Waals surface area contributed by atoms with E-state index in [4.69, 9.17) is 28.0 Å². The van der Waals surface area contributed by atoms with Crippen LogP contribution in [0.15, 0.2) is 90.0 Å². The molecule has 67 heavy (non-hydrogen) atoms. The van der Waals surface area contributed by atoms with Gasteiger partial charge in [0.15, 0.2) is 17.4 Å². The lowest BCUT2D eigenvalue weighted by atomic mass is 9.80. The minimum absolute atomic E-state index is 0.0382. The number of imidazole rings is 1. The van der Waals surface area contributed by atoms with E-state index in [1.807, 2.05) is 68.8 Å². The maximum Gasteiger partial charge on any atom is 0.471 e. The second-order valence-electron chi connectivity index (χ2n) is 16.4. The minimum atomic E-state index is -5.36. The number of carbonyl (C=O) groups is 2. The molecule has 0 bridgehead atoms. The number of anilines is 1. The van der Waals surface area contributed by atoms with Crippen LogP contribution in [0.1, 0.15) is 70.9 Å². The second kappa shape index (κ2) is 21.8. The number of benzene rings is 3. The highest BCUT2D eigenvalue weighted by Gasteiger charge is 2.54. The number of methoxy groups -OCH3 is 2. The number of halogens is 3. The number of carbonyl (C=O) groups excluding carboxylic acids is 2. The largest absolute Gasteiger partial charge is 0.497 e. The Labute approximate surface area is 386 Å². The average Bonchev–Trinajstić information content (AvgIpc) is 3.87. The van der Waals surface area contributed by atoms with E-state index in [1.165, 1.54) is 25.1 Å². The number of nitrogens with zero attached hydrogens (tertiary/aromatic N) is 5. The number of nitrogens with one attached hydrogen (secondary N) is 3. The van der Waals surface area contributed by atoms with Gasteiger partial charge in [0.2, 0.25) is 11.9 Å². The maximum absolute atomic E-state index is 14.5. The quantitative estimate of drug-likeness (QED) is 0.0397. The summed E-state index contributed by atoms with van der Waals surface area (Å²) in [5, 5.41) is 14.2. The van der Waals surface area contributed by atoms with Gasteiger partial charge in [-0.25, -0.2) is 9.65 Å². The molecule has 1 unspecified atom stereocenters. The Morgan fingerprint density at radius 1 is 0.925 bits per heavy atom. The summed E-state index contributed by atoms with van der Waals surface area (Å²) in [7, 11) is 0.832. The van der Waals surface area contributed by atoms with Crippen molar-refractivity contribution >= 4 is 37.5 Å². The number of aromatic amines is 1. The Kier molecular flexibility index (Phi) is 16.4. The van der Waals surface area contributed by atoms with Gasteiger partial charge in [0.1, 0.15) is 29.3 Å². The zero-order chi connectivity index (χ0) is 48.6. The van der Waals surface area contributed by atoms with Gasteiger partial charge in [0, 0.05) is 18.0 Å². The molecule has 1 saturated heterocycles. The molecular weight excluding hydrogens is 897 g/mol. The summed E-state index contributed by atoms with van der Waals surface area (Å²) in [5.41, 5.74) is -0.722. The van der Waals surface area contributed by atoms with Gasteiger partial charge >= 0.3 is 12.1 Å². The van der Waals surface area contributed by atoms with Gasteiger partial charge in [-0.3, -0.25) is 29.3 Å². The van der Waals surface area contributed by atoms with Crippen molar-refractivity contribution in [2.45, 2.75) is 96.3 Å². The highest BCUT2D eigenvalue weighted by Crippen LogP contribution is 2.51. The Bertz CT molecular complexity index is 2500. The molecule has 0 radical (unpaired) electrons. The molecule has 1 aliphatic rings. The lowest BCUT2D eigenvalue weighted by Gasteiger charge is -2.39. The number of aromatic nitrogens is 4. The zero-order valence-electron chi connectivity index (χ0n) is 38.2. The molecule has 2 amide bonds. The fraction of sp³-hybridized carbons (Fsp3) is 0.435. The van der Waals surface area contributed by atoms with Crippen LogP contribution in [0.3, 0.4) is 0 Å². The van der Waals surface area contributed by atoms with E-state index in [1.54, 1.807) is 62.4 Å². The highest BCUT2D eigenvalue weighted by molar-refractivity contribution is 7.44. The summed E-state index contributed by atoms with van der Waals surface area (Å²) >= 11 is 0. The number of H-pyrrole nitrogens is 1. The molecule has 3 heterocycles. The number of amides is 2. The Hall–Kier alpha value is -5.94. The van der Waals surface area contributed by atoms with Crippen LogP contribution >= 0.6 is 8.53 Å². The van der Waals surface area contributed by atoms with Crippen molar-refractivity contribution in [3.8, 4) is 17.6 Å². The van der Waals surface area contributed by atoms with Crippen LogP contribution in [0.2, 0.25) is 0 Å². The van der Waals surface area contributed by atoms with Gasteiger partial charge in [-0.1, -0.05) is 68.4 Å². The fourth-order valence-corrected chi connectivity index (χ4v) is 9.48. The predicted molar refractivity (Wildman–Crippen MR) is 242 cm³/mol. The van der Waals surface area contributed by atoms with E-state index in [-0.39, 0.29) is 42.2 Å². The first-order valence-corrected chi connectivity index (χ1v) is 22.6. The second-order valence-corrected chi connectivity index (χ2v) is 17.8. The van der Waals surface area contributed by atoms with Crippen LogP contribution in [-0.2, 0) is 33.7 Å². The van der Waals surface area contributed by atoms with Crippen molar-refractivity contribution in [3.05, 3.63) is 112 Å². The van der Waals surface area contributed by atoms with Gasteiger partial charge in [-0.05, 0) is 68.7 Å². The van der Waals surface area contributed by atoms with E-state index in [9.17, 15) is 32.8 Å². The van der Waals surface area contributed by atoms with Crippen LogP contribution in [-0.4, -0.2) is 99.9 Å². The zero-order valence-corrected chi connectivity index (χ0v) is 39.1. The summed E-state index contributed by atoms with van der Waals surface area (Å²) in [6.07, 6.45) is -8.67. The first-order valence-electron chi connectivity index (χ1n) is 21.5. The topological polar surface area (TPSA) is 204 Å². The van der Waals surface area contributed by atoms with Crippen molar-refractivity contribution in [2.75, 3.05) is 32.8 Å². The summed E-state index contributed by atoms with van der Waals surface area (Å²) in [5.74, 6) is -2.37. The lowest BCUT2D eigenvalue weighted by molar-refractivity contribution is -0.175. The molecule has 3 aromatic carbocycles. The van der Waals surface area contributed by atoms with Crippen molar-refractivity contribution in [1.82, 2.24) is 29.5 Å². The van der Waals surface area contributed by atoms with Crippen molar-refractivity contribution in [3.63, 3.8) is 0 Å². The van der Waals surface area contributed by atoms with Crippen LogP contribution < -0.4 is 25.7 Å². The molecule has 3 N–H and O–H groups in total. The number of hydrogen-bond donors (Lipinski definition) is 3. The summed E-state index contributed by atoms with van der Waals surface area (Å²) in [6, 6.07) is 23.2. The molecule has 21 heteroatoms. The number of rotatable bonds is 20. The van der Waals surface area contributed by atoms with Crippen molar-refractivity contribution < 1.29 is 50.8 Å². The lowest BCUT2D eigenvalue weighted by Crippen LogP contribution is -2.53. The number of fused-ring (bicyclic) bond motifs is 1. The first-order chi connectivity index (χ1) is 31.9. The van der Waals surface area contributed by atoms with Crippen molar-refractivity contribution in [2.24, 2.45) is 5.92 Å². The average molecular weight is 951 g/mol. The van der Waals surface area contributed by atoms with Crippen LogP contribution in [0.25, 0.3) is 11.2 Å². The minimum Gasteiger partial charge on any atom is -0.497 e. The third-order valence-corrected chi connectivity index (χ3v) is 13.0. The maximum atomic E-state index is 14.5. The number of alkyl halides is 3. The number of nitriles is 1. The van der Waals surface area contributed by atoms with E-state index in [0.717, 1.165) is 0 Å². The third-order valence-electron chi connectivity index (χ3n) is 10.9. The standard InChI is InChI=1S/C46H54F3N8O9P/c1-27(2)40(58)54-44-53-39-37(41(59)55-44)51-26-56(39)42-38(66-67(64-24-12-23-50)57(28(3)4)29(5)6)36(52-43(60)46(47,48)49)35(65-42)25-63-45(30-13-10-9-11-14-30,31-15-19-33(61-7)20-16-31)32-17-21-34(62-8)22-18-32/h9-11,13-22,26-29,35-36,38,42H,12,24-25H2,1-8H3,(H,52,60)(H2,53,54,55,58,59)/t35-,36-,38-,42-,67?/m1/s1. The van der Waals surface area contributed by atoms with E-state index in [0.29, 0.717) is 28.2 Å². The Morgan fingerprint density at radius 3 is 2.03 bits per heavy atom. The van der Waals surface area contributed by atoms with E-state index in [2.05, 4.69) is 25.6 Å². The molecule has 358 valence electrons. The molecule has 6 rings (SSSR count). The van der Waals surface area contributed by atoms with Crippen molar-refractivity contribution in [1.29, 1.82) is 5.26 Å². The SMILES string of the molecule is COc1ccc(C(OC[C@H]2O[C@@H](n3cnc4c(=O)[nH]c(NC(=O)C(C)C)nc43)[C@H](OP(OCCC#N)N(C(C)C)C(C)C)[C@@H]2NC(=O)C(F)(F)F)(c2ccccc2)c2ccc(OC)cc2)cc1. The van der Waals surface area contributed by atoms with E-state index < -0.39 is 74.7 Å². The molecule has 5 aromatic rings.